The summed E-state index contributed by atoms with van der Waals surface area (Å²) in [5.41, 5.74) is 5.58. The van der Waals surface area contributed by atoms with Gasteiger partial charge >= 0.3 is 0 Å². The zero-order valence-corrected chi connectivity index (χ0v) is 20.0. The number of aryl methyl sites for hydroxylation is 1. The highest BCUT2D eigenvalue weighted by Gasteiger charge is 2.22. The van der Waals surface area contributed by atoms with Gasteiger partial charge in [-0.05, 0) is 68.9 Å². The number of carbonyl (C=O) groups is 1. The number of carbonyl (C=O) groups excluding carboxylic acids is 1. The summed E-state index contributed by atoms with van der Waals surface area (Å²) >= 11 is 6.08. The van der Waals surface area contributed by atoms with Crippen LogP contribution in [0.4, 0.5) is 0 Å². The van der Waals surface area contributed by atoms with Crippen LogP contribution in [0.2, 0.25) is 5.02 Å². The number of hydrogen-bond acceptors (Lipinski definition) is 3. The topological polar surface area (TPSA) is 42.7 Å². The van der Waals surface area contributed by atoms with Gasteiger partial charge in [-0.15, -0.1) is 0 Å². The lowest BCUT2D eigenvalue weighted by Crippen LogP contribution is -2.36. The number of likely N-dealkylation sites (tertiary alicyclic amines) is 1. The molecule has 1 aromatic heterocycles. The Morgan fingerprint density at radius 2 is 1.94 bits per heavy atom. The second kappa shape index (κ2) is 9.41. The van der Waals surface area contributed by atoms with Crippen LogP contribution in [0.1, 0.15) is 44.7 Å². The molecule has 0 unspecified atom stereocenters. The van der Waals surface area contributed by atoms with Gasteiger partial charge in [-0.2, -0.15) is 0 Å². The lowest BCUT2D eigenvalue weighted by atomic mass is 9.96. The summed E-state index contributed by atoms with van der Waals surface area (Å²) in [5.74, 6) is 1.52. The van der Waals surface area contributed by atoms with E-state index in [9.17, 15) is 4.79 Å². The molecule has 32 heavy (non-hydrogen) atoms. The molecule has 1 aliphatic heterocycles. The Bertz CT molecular complexity index is 1150. The molecule has 0 spiro atoms. The number of amides is 1. The van der Waals surface area contributed by atoms with Gasteiger partial charge in [0.2, 0.25) is 5.91 Å². The minimum atomic E-state index is 0.0692. The molecule has 5 heteroatoms. The zero-order chi connectivity index (χ0) is 22.8. The first-order valence-corrected chi connectivity index (χ1v) is 11.7. The van der Waals surface area contributed by atoms with Gasteiger partial charge in [0.1, 0.15) is 11.3 Å². The predicted octanol–water partition coefficient (Wildman–Crippen LogP) is 7.12. The third-order valence-corrected chi connectivity index (χ3v) is 6.60. The summed E-state index contributed by atoms with van der Waals surface area (Å²) in [7, 11) is 0. The van der Waals surface area contributed by atoms with E-state index in [-0.39, 0.29) is 5.91 Å². The highest BCUT2D eigenvalue weighted by molar-refractivity contribution is 6.30. The van der Waals surface area contributed by atoms with Crippen molar-refractivity contribution in [2.45, 2.75) is 40.5 Å². The molecule has 0 atom stereocenters. The molecule has 4 rings (SSSR count). The van der Waals surface area contributed by atoms with E-state index in [4.69, 9.17) is 20.8 Å². The lowest BCUT2D eigenvalue weighted by molar-refractivity contribution is -0.127. The molecule has 0 N–H and O–H groups in total. The molecule has 3 aromatic rings. The van der Waals surface area contributed by atoms with E-state index >= 15 is 0 Å². The van der Waals surface area contributed by atoms with Gasteiger partial charge in [-0.25, -0.2) is 0 Å². The van der Waals surface area contributed by atoms with Crippen molar-refractivity contribution in [2.24, 2.45) is 5.92 Å². The van der Waals surface area contributed by atoms with Crippen molar-refractivity contribution in [1.29, 1.82) is 0 Å². The van der Waals surface area contributed by atoms with Crippen LogP contribution in [0.15, 0.2) is 47.1 Å². The van der Waals surface area contributed by atoms with Gasteiger partial charge in [0.05, 0.1) is 12.9 Å². The van der Waals surface area contributed by atoms with Gasteiger partial charge < -0.3 is 14.1 Å². The summed E-state index contributed by atoms with van der Waals surface area (Å²) in [6.45, 7) is 10.4. The standard InChI is InChI=1S/C27H30ClNO3/c1-5-31-26-19(4)27-23(24(16-32-27)20-6-8-21(28)9-7-20)15-22(26)18(3)14-25(30)29-12-10-17(2)11-13-29/h6-9,14-17H,5,10-13H2,1-4H3/b18-14+. The molecule has 1 amide bonds. The van der Waals surface area contributed by atoms with E-state index in [1.807, 2.05) is 49.9 Å². The third-order valence-electron chi connectivity index (χ3n) is 6.35. The van der Waals surface area contributed by atoms with Crippen molar-refractivity contribution >= 4 is 34.1 Å². The maximum atomic E-state index is 13.0. The minimum Gasteiger partial charge on any atom is -0.493 e. The van der Waals surface area contributed by atoms with Gasteiger partial charge in [-0.1, -0.05) is 30.7 Å². The number of halogens is 1. The molecule has 0 radical (unpaired) electrons. The number of allylic oxidation sites excluding steroid dienone is 1. The largest absolute Gasteiger partial charge is 0.493 e. The Morgan fingerprint density at radius 1 is 1.25 bits per heavy atom. The average Bonchev–Trinajstić information content (AvgIpc) is 3.20. The molecule has 1 saturated heterocycles. The van der Waals surface area contributed by atoms with Crippen LogP contribution in [0.25, 0.3) is 27.7 Å². The predicted molar refractivity (Wildman–Crippen MR) is 131 cm³/mol. The van der Waals surface area contributed by atoms with E-state index in [1.165, 1.54) is 0 Å². The van der Waals surface area contributed by atoms with Gasteiger partial charge in [0.15, 0.2) is 0 Å². The summed E-state index contributed by atoms with van der Waals surface area (Å²) < 4.78 is 12.0. The molecule has 168 valence electrons. The first-order valence-electron chi connectivity index (χ1n) is 11.3. The maximum Gasteiger partial charge on any atom is 0.246 e. The van der Waals surface area contributed by atoms with Gasteiger partial charge in [-0.3, -0.25) is 4.79 Å². The van der Waals surface area contributed by atoms with E-state index in [0.717, 1.165) is 70.5 Å². The van der Waals surface area contributed by atoms with Crippen LogP contribution in [0.3, 0.4) is 0 Å². The van der Waals surface area contributed by atoms with Crippen LogP contribution < -0.4 is 4.74 Å². The Morgan fingerprint density at radius 3 is 2.59 bits per heavy atom. The molecular formula is C27H30ClNO3. The first-order chi connectivity index (χ1) is 15.4. The van der Waals surface area contributed by atoms with Crippen LogP contribution in [0, 0.1) is 12.8 Å². The molecule has 1 fully saturated rings. The van der Waals surface area contributed by atoms with E-state index in [0.29, 0.717) is 17.5 Å². The molecule has 4 nitrogen and oxygen atoms in total. The number of ether oxygens (including phenoxy) is 1. The van der Waals surface area contributed by atoms with E-state index in [1.54, 1.807) is 12.3 Å². The van der Waals surface area contributed by atoms with Crippen molar-refractivity contribution in [3.63, 3.8) is 0 Å². The summed E-state index contributed by atoms with van der Waals surface area (Å²) in [6.07, 6.45) is 5.65. The number of nitrogens with zero attached hydrogens (tertiary/aromatic N) is 1. The second-order valence-electron chi connectivity index (χ2n) is 8.68. The lowest BCUT2D eigenvalue weighted by Gasteiger charge is -2.29. The second-order valence-corrected chi connectivity index (χ2v) is 9.12. The van der Waals surface area contributed by atoms with Crippen LogP contribution in [0.5, 0.6) is 5.75 Å². The highest BCUT2D eigenvalue weighted by atomic mass is 35.5. The normalized spacial score (nSPS) is 15.4. The monoisotopic (exact) mass is 451 g/mol. The molecule has 1 aliphatic rings. The molecule has 0 aliphatic carbocycles. The highest BCUT2D eigenvalue weighted by Crippen LogP contribution is 2.41. The average molecular weight is 452 g/mol. The fourth-order valence-corrected chi connectivity index (χ4v) is 4.50. The Kier molecular flexibility index (Phi) is 6.61. The van der Waals surface area contributed by atoms with Gasteiger partial charge in [0, 0.05) is 46.3 Å². The fraction of sp³-hybridized carbons (Fsp3) is 0.370. The molecule has 0 saturated carbocycles. The molecular weight excluding hydrogens is 422 g/mol. The molecule has 2 aromatic carbocycles. The summed E-state index contributed by atoms with van der Waals surface area (Å²) in [6, 6.07) is 9.81. The Hall–Kier alpha value is -2.72. The third kappa shape index (κ3) is 4.42. The SMILES string of the molecule is CCOc1c(/C(C)=C/C(=O)N2CCC(C)CC2)cc2c(-c3ccc(Cl)cc3)coc2c1C. The van der Waals surface area contributed by atoms with Crippen molar-refractivity contribution in [3.8, 4) is 16.9 Å². The van der Waals surface area contributed by atoms with E-state index < -0.39 is 0 Å². The van der Waals surface area contributed by atoms with Gasteiger partial charge in [0.25, 0.3) is 0 Å². The van der Waals surface area contributed by atoms with Crippen LogP contribution >= 0.6 is 11.6 Å². The minimum absolute atomic E-state index is 0.0692. The van der Waals surface area contributed by atoms with Crippen LogP contribution in [-0.4, -0.2) is 30.5 Å². The number of benzene rings is 2. The number of rotatable bonds is 5. The summed E-state index contributed by atoms with van der Waals surface area (Å²) in [4.78, 5) is 14.9. The number of piperidine rings is 1. The quantitative estimate of drug-likeness (QED) is 0.388. The fourth-order valence-electron chi connectivity index (χ4n) is 4.38. The van der Waals surface area contributed by atoms with Crippen molar-refractivity contribution in [1.82, 2.24) is 4.90 Å². The van der Waals surface area contributed by atoms with Crippen molar-refractivity contribution in [2.75, 3.05) is 19.7 Å². The molecule has 0 bridgehead atoms. The Labute approximate surface area is 194 Å². The smallest absolute Gasteiger partial charge is 0.246 e. The number of hydrogen-bond donors (Lipinski definition) is 0. The Balaban J connectivity index is 1.78. The van der Waals surface area contributed by atoms with Crippen molar-refractivity contribution in [3.05, 3.63) is 58.8 Å². The summed E-state index contributed by atoms with van der Waals surface area (Å²) in [5, 5.41) is 1.69. The van der Waals surface area contributed by atoms with Crippen LogP contribution in [-0.2, 0) is 4.79 Å². The number of furan rings is 1. The molecule has 2 heterocycles. The maximum absolute atomic E-state index is 13.0. The first kappa shape index (κ1) is 22.5. The van der Waals surface area contributed by atoms with Crippen molar-refractivity contribution < 1.29 is 13.9 Å². The zero-order valence-electron chi connectivity index (χ0n) is 19.2. The van der Waals surface area contributed by atoms with E-state index in [2.05, 4.69) is 13.0 Å². The number of fused-ring (bicyclic) bond motifs is 1.